The molecule has 0 heterocycles. The maximum Gasteiger partial charge on any atom is 0.106 e. The van der Waals surface area contributed by atoms with Crippen molar-refractivity contribution in [2.45, 2.75) is 77.0 Å². The van der Waals surface area contributed by atoms with Crippen LogP contribution in [-0.2, 0) is 0 Å². The molecule has 8 saturated carbocycles. The molecule has 8 rings (SSSR count). The molecule has 8 aliphatic carbocycles. The van der Waals surface area contributed by atoms with Crippen molar-refractivity contribution in [3.8, 4) is 0 Å². The zero-order valence-electron chi connectivity index (χ0n) is 16.6. The highest BCUT2D eigenvalue weighted by molar-refractivity contribution is 6.08. The van der Waals surface area contributed by atoms with Crippen LogP contribution >= 0.6 is 0 Å². The van der Waals surface area contributed by atoms with Crippen molar-refractivity contribution in [3.05, 3.63) is 0 Å². The Balaban J connectivity index is 1.54. The molecule has 4 heteroatoms. The molecule has 0 unspecified atom stereocenters. The average Bonchev–Trinajstić information content (AvgIpc) is 2.50. The lowest BCUT2D eigenvalue weighted by Crippen LogP contribution is -2.72. The molecule has 0 radical (unpaired) electrons. The Kier molecular flexibility index (Phi) is 3.18. The van der Waals surface area contributed by atoms with Crippen LogP contribution in [0.1, 0.15) is 77.0 Å². The fourth-order valence-corrected chi connectivity index (χ4v) is 11.0. The van der Waals surface area contributed by atoms with Gasteiger partial charge in [-0.3, -0.25) is 10.8 Å². The van der Waals surface area contributed by atoms with Gasteiger partial charge in [0.2, 0.25) is 0 Å². The number of nitrogens with two attached hydrogens (primary N) is 2. The van der Waals surface area contributed by atoms with E-state index >= 15 is 0 Å². The van der Waals surface area contributed by atoms with E-state index in [1.54, 1.807) is 0 Å². The molecule has 0 amide bonds. The SMILES string of the molecule is N=C(N)C(C(=N)N)(C12CC3CC(CC(C3)C1)C2)C12CC3CC(CC(C3)C1)C2. The highest BCUT2D eigenvalue weighted by Gasteiger charge is 2.72. The zero-order chi connectivity index (χ0) is 18.6. The van der Waals surface area contributed by atoms with Crippen LogP contribution in [0, 0.1) is 62.6 Å². The first kappa shape index (κ1) is 16.9. The Morgan fingerprint density at radius 3 is 0.963 bits per heavy atom. The summed E-state index contributed by atoms with van der Waals surface area (Å²) >= 11 is 0. The highest BCUT2D eigenvalue weighted by atomic mass is 14.9. The van der Waals surface area contributed by atoms with Crippen LogP contribution in [-0.4, -0.2) is 11.7 Å². The second-order valence-electron chi connectivity index (χ2n) is 12.0. The number of amidine groups is 2. The van der Waals surface area contributed by atoms with Crippen molar-refractivity contribution in [2.24, 2.45) is 63.2 Å². The molecule has 6 N–H and O–H groups in total. The van der Waals surface area contributed by atoms with E-state index in [2.05, 4.69) is 0 Å². The van der Waals surface area contributed by atoms with Gasteiger partial charge in [0.05, 0.1) is 5.41 Å². The smallest absolute Gasteiger partial charge is 0.106 e. The van der Waals surface area contributed by atoms with Gasteiger partial charge in [-0.15, -0.1) is 0 Å². The van der Waals surface area contributed by atoms with Crippen LogP contribution in [0.3, 0.4) is 0 Å². The summed E-state index contributed by atoms with van der Waals surface area (Å²) in [6.07, 6.45) is 15.4. The third-order valence-corrected chi connectivity index (χ3v) is 10.5. The van der Waals surface area contributed by atoms with E-state index in [0.29, 0.717) is 0 Å². The number of rotatable bonds is 4. The molecule has 8 aliphatic rings. The van der Waals surface area contributed by atoms with Gasteiger partial charge in [-0.2, -0.15) is 0 Å². The fourth-order valence-electron chi connectivity index (χ4n) is 11.0. The fraction of sp³-hybridized carbons (Fsp3) is 0.913. The van der Waals surface area contributed by atoms with E-state index in [-0.39, 0.29) is 22.5 Å². The Labute approximate surface area is 163 Å². The summed E-state index contributed by atoms with van der Waals surface area (Å²) < 4.78 is 0. The summed E-state index contributed by atoms with van der Waals surface area (Å²) in [6.45, 7) is 0. The summed E-state index contributed by atoms with van der Waals surface area (Å²) in [4.78, 5) is 0. The molecule has 0 aromatic carbocycles. The van der Waals surface area contributed by atoms with Gasteiger partial charge in [0.1, 0.15) is 11.7 Å². The number of hydrogen-bond donors (Lipinski definition) is 4. The van der Waals surface area contributed by atoms with Crippen LogP contribution in [0.5, 0.6) is 0 Å². The molecule has 4 nitrogen and oxygen atoms in total. The predicted octanol–water partition coefficient (Wildman–Crippen LogP) is 4.28. The minimum absolute atomic E-state index is 0.00505. The summed E-state index contributed by atoms with van der Waals surface area (Å²) in [7, 11) is 0. The van der Waals surface area contributed by atoms with Gasteiger partial charge in [-0.1, -0.05) is 0 Å². The summed E-state index contributed by atoms with van der Waals surface area (Å²) in [5.41, 5.74) is 12.5. The zero-order valence-corrected chi connectivity index (χ0v) is 16.6. The van der Waals surface area contributed by atoms with Gasteiger partial charge in [0.15, 0.2) is 0 Å². The standard InChI is InChI=1S/C23H36N4/c24-19(25)23(20(26)27,21-7-13-1-14(8-21)3-15(2-13)9-21)22-10-16-4-17(11-22)6-18(5-16)12-22/h13-18H,1-12H2,(H3,24,25)(H3,26,27). The predicted molar refractivity (Wildman–Crippen MR) is 107 cm³/mol. The quantitative estimate of drug-likeness (QED) is 0.440. The van der Waals surface area contributed by atoms with Crippen molar-refractivity contribution in [1.29, 1.82) is 10.8 Å². The van der Waals surface area contributed by atoms with Crippen LogP contribution in [0.2, 0.25) is 0 Å². The first-order valence-electron chi connectivity index (χ1n) is 11.5. The minimum Gasteiger partial charge on any atom is -0.387 e. The number of hydrogen-bond acceptors (Lipinski definition) is 2. The monoisotopic (exact) mass is 368 g/mol. The lowest BCUT2D eigenvalue weighted by Gasteiger charge is -2.71. The van der Waals surface area contributed by atoms with E-state index < -0.39 is 5.41 Å². The molecule has 8 bridgehead atoms. The molecule has 0 aromatic heterocycles. The van der Waals surface area contributed by atoms with Crippen LogP contribution in [0.25, 0.3) is 0 Å². The topological polar surface area (TPSA) is 99.7 Å². The lowest BCUT2D eigenvalue weighted by molar-refractivity contribution is -0.173. The molecule has 0 aromatic rings. The van der Waals surface area contributed by atoms with E-state index in [0.717, 1.165) is 35.5 Å². The summed E-state index contributed by atoms with van der Waals surface area (Å²) in [5, 5.41) is 17.9. The molecule has 0 aliphatic heterocycles. The van der Waals surface area contributed by atoms with E-state index in [1.807, 2.05) is 0 Å². The van der Waals surface area contributed by atoms with Gasteiger partial charge in [0.25, 0.3) is 0 Å². The lowest BCUT2D eigenvalue weighted by atomic mass is 9.32. The Bertz CT molecular complexity index is 577. The molecule has 27 heavy (non-hydrogen) atoms. The minimum atomic E-state index is -0.661. The second-order valence-corrected chi connectivity index (χ2v) is 12.0. The number of nitrogens with one attached hydrogen (secondary N) is 2. The average molecular weight is 369 g/mol. The summed E-state index contributed by atoms with van der Waals surface area (Å²) in [5.74, 6) is 5.29. The third-order valence-electron chi connectivity index (χ3n) is 10.5. The van der Waals surface area contributed by atoms with Crippen molar-refractivity contribution in [3.63, 3.8) is 0 Å². The van der Waals surface area contributed by atoms with E-state index in [9.17, 15) is 0 Å². The van der Waals surface area contributed by atoms with Crippen molar-refractivity contribution >= 4 is 11.7 Å². The normalized spacial score (nSPS) is 54.1. The molecule has 0 saturated heterocycles. The van der Waals surface area contributed by atoms with Crippen LogP contribution in [0.4, 0.5) is 0 Å². The largest absolute Gasteiger partial charge is 0.387 e. The van der Waals surface area contributed by atoms with Crippen molar-refractivity contribution in [2.75, 3.05) is 0 Å². The maximum atomic E-state index is 8.96. The van der Waals surface area contributed by atoms with Gasteiger partial charge < -0.3 is 11.5 Å². The second kappa shape index (κ2) is 5.10. The van der Waals surface area contributed by atoms with Gasteiger partial charge in [-0.05, 0) is 123 Å². The molecular formula is C23H36N4. The van der Waals surface area contributed by atoms with Gasteiger partial charge in [0, 0.05) is 0 Å². The molecule has 0 atom stereocenters. The maximum absolute atomic E-state index is 8.96. The molecule has 148 valence electrons. The van der Waals surface area contributed by atoms with Crippen molar-refractivity contribution < 1.29 is 0 Å². The van der Waals surface area contributed by atoms with Gasteiger partial charge in [-0.25, -0.2) is 0 Å². The molecule has 0 spiro atoms. The van der Waals surface area contributed by atoms with E-state index in [1.165, 1.54) is 77.0 Å². The van der Waals surface area contributed by atoms with Crippen LogP contribution < -0.4 is 11.5 Å². The molecular weight excluding hydrogens is 332 g/mol. The van der Waals surface area contributed by atoms with E-state index in [4.69, 9.17) is 22.3 Å². The third kappa shape index (κ3) is 1.91. The van der Waals surface area contributed by atoms with Crippen LogP contribution in [0.15, 0.2) is 0 Å². The first-order chi connectivity index (χ1) is 12.9. The molecule has 8 fully saturated rings. The highest BCUT2D eigenvalue weighted by Crippen LogP contribution is 2.75. The summed E-state index contributed by atoms with van der Waals surface area (Å²) in [6, 6.07) is 0. The Morgan fingerprint density at radius 2 is 0.778 bits per heavy atom. The van der Waals surface area contributed by atoms with Crippen molar-refractivity contribution in [1.82, 2.24) is 0 Å². The Hall–Kier alpha value is -1.06. The van der Waals surface area contributed by atoms with Gasteiger partial charge >= 0.3 is 0 Å². The first-order valence-corrected chi connectivity index (χ1v) is 11.5. The Morgan fingerprint density at radius 1 is 0.556 bits per heavy atom.